The Kier molecular flexibility index (Phi) is 4.99. The van der Waals surface area contributed by atoms with E-state index in [-0.39, 0.29) is 12.5 Å². The fourth-order valence-electron chi connectivity index (χ4n) is 1.26. The average molecular weight is 240 g/mol. The summed E-state index contributed by atoms with van der Waals surface area (Å²) in [6, 6.07) is -0.231. The molecule has 1 rings (SSSR count). The molecule has 0 aliphatic rings. The lowest BCUT2D eigenvalue weighted by atomic mass is 10.3. The maximum absolute atomic E-state index is 11.5. The second-order valence-corrected chi connectivity index (χ2v) is 3.65. The molecule has 17 heavy (non-hydrogen) atoms. The van der Waals surface area contributed by atoms with Crippen LogP contribution in [0.3, 0.4) is 0 Å². The van der Waals surface area contributed by atoms with Gasteiger partial charge in [0, 0.05) is 26.2 Å². The molecule has 0 radical (unpaired) electrons. The minimum Gasteiger partial charge on any atom is -0.481 e. The number of rotatable bonds is 6. The zero-order chi connectivity index (χ0) is 12.7. The van der Waals surface area contributed by atoms with Crippen molar-refractivity contribution in [1.82, 2.24) is 20.2 Å². The zero-order valence-corrected chi connectivity index (χ0v) is 9.64. The number of hydrogen-bond donors (Lipinski definition) is 3. The summed E-state index contributed by atoms with van der Waals surface area (Å²) in [6.07, 6.45) is 3.68. The largest absolute Gasteiger partial charge is 0.481 e. The van der Waals surface area contributed by atoms with E-state index in [4.69, 9.17) is 5.11 Å². The average Bonchev–Trinajstić information content (AvgIpc) is 2.78. The molecule has 0 spiro atoms. The lowest BCUT2D eigenvalue weighted by Gasteiger charge is -2.17. The van der Waals surface area contributed by atoms with Crippen molar-refractivity contribution in [2.24, 2.45) is 0 Å². The molecule has 0 aromatic carbocycles. The summed E-state index contributed by atoms with van der Waals surface area (Å²) in [5, 5.41) is 11.2. The van der Waals surface area contributed by atoms with Crippen molar-refractivity contribution in [3.05, 3.63) is 18.2 Å². The number of H-pyrrole nitrogens is 1. The summed E-state index contributed by atoms with van der Waals surface area (Å²) in [4.78, 5) is 30.0. The topological polar surface area (TPSA) is 98.3 Å². The van der Waals surface area contributed by atoms with Gasteiger partial charge in [-0.15, -0.1) is 0 Å². The fourth-order valence-corrected chi connectivity index (χ4v) is 1.26. The van der Waals surface area contributed by atoms with Gasteiger partial charge < -0.3 is 20.3 Å². The SMILES string of the molecule is CN(CCCC(=O)O)C(=O)NCc1cnc[nH]1. The Morgan fingerprint density at radius 2 is 2.35 bits per heavy atom. The molecule has 0 bridgehead atoms. The second kappa shape index (κ2) is 6.51. The van der Waals surface area contributed by atoms with Crippen LogP contribution in [0.5, 0.6) is 0 Å². The molecule has 0 atom stereocenters. The number of carbonyl (C=O) groups excluding carboxylic acids is 1. The summed E-state index contributed by atoms with van der Waals surface area (Å²) in [6.45, 7) is 0.795. The minimum atomic E-state index is -0.851. The number of carboxylic acids is 1. The summed E-state index contributed by atoms with van der Waals surface area (Å²) in [7, 11) is 1.63. The number of carboxylic acid groups (broad SMARTS) is 1. The molecule has 0 aliphatic carbocycles. The van der Waals surface area contributed by atoms with Crippen LogP contribution in [0.1, 0.15) is 18.5 Å². The summed E-state index contributed by atoms with van der Waals surface area (Å²) in [5.41, 5.74) is 0.817. The molecular weight excluding hydrogens is 224 g/mol. The normalized spacial score (nSPS) is 9.94. The van der Waals surface area contributed by atoms with Crippen LogP contribution >= 0.6 is 0 Å². The van der Waals surface area contributed by atoms with Crippen LogP contribution in [0.15, 0.2) is 12.5 Å². The molecule has 0 fully saturated rings. The number of nitrogens with zero attached hydrogens (tertiary/aromatic N) is 2. The third kappa shape index (κ3) is 5.01. The van der Waals surface area contributed by atoms with Gasteiger partial charge in [-0.3, -0.25) is 4.79 Å². The van der Waals surface area contributed by atoms with Gasteiger partial charge in [-0.1, -0.05) is 0 Å². The number of imidazole rings is 1. The van der Waals surface area contributed by atoms with Crippen LogP contribution in [0.2, 0.25) is 0 Å². The first-order valence-electron chi connectivity index (χ1n) is 5.27. The van der Waals surface area contributed by atoms with Gasteiger partial charge in [-0.25, -0.2) is 9.78 Å². The van der Waals surface area contributed by atoms with Crippen LogP contribution in [-0.2, 0) is 11.3 Å². The third-order valence-electron chi connectivity index (χ3n) is 2.22. The molecule has 1 aromatic heterocycles. The van der Waals surface area contributed by atoms with E-state index in [0.717, 1.165) is 5.69 Å². The number of nitrogens with one attached hydrogen (secondary N) is 2. The van der Waals surface area contributed by atoms with E-state index in [0.29, 0.717) is 19.5 Å². The molecule has 0 saturated heterocycles. The molecule has 7 nitrogen and oxygen atoms in total. The Balaban J connectivity index is 2.20. The van der Waals surface area contributed by atoms with E-state index in [1.54, 1.807) is 13.2 Å². The number of carbonyl (C=O) groups is 2. The van der Waals surface area contributed by atoms with Crippen molar-refractivity contribution in [2.45, 2.75) is 19.4 Å². The first kappa shape index (κ1) is 13.0. The summed E-state index contributed by atoms with van der Waals surface area (Å²) in [5.74, 6) is -0.851. The first-order chi connectivity index (χ1) is 8.09. The zero-order valence-electron chi connectivity index (χ0n) is 9.64. The van der Waals surface area contributed by atoms with E-state index in [9.17, 15) is 9.59 Å². The van der Waals surface area contributed by atoms with Gasteiger partial charge >= 0.3 is 12.0 Å². The van der Waals surface area contributed by atoms with Gasteiger partial charge in [0.2, 0.25) is 0 Å². The molecule has 1 heterocycles. The van der Waals surface area contributed by atoms with E-state index < -0.39 is 5.97 Å². The van der Waals surface area contributed by atoms with E-state index >= 15 is 0 Å². The lowest BCUT2D eigenvalue weighted by molar-refractivity contribution is -0.137. The van der Waals surface area contributed by atoms with Crippen LogP contribution in [0, 0.1) is 0 Å². The Labute approximate surface area is 98.8 Å². The van der Waals surface area contributed by atoms with Gasteiger partial charge in [-0.05, 0) is 6.42 Å². The maximum Gasteiger partial charge on any atom is 0.317 e. The molecule has 0 aliphatic heterocycles. The Bertz CT molecular complexity index is 364. The van der Waals surface area contributed by atoms with Gasteiger partial charge in [0.1, 0.15) is 0 Å². The molecular formula is C10H16N4O3. The molecule has 1 aromatic rings. The number of aromatic amines is 1. The van der Waals surface area contributed by atoms with E-state index in [1.165, 1.54) is 11.2 Å². The van der Waals surface area contributed by atoms with Crippen molar-refractivity contribution >= 4 is 12.0 Å². The Morgan fingerprint density at radius 1 is 1.59 bits per heavy atom. The van der Waals surface area contributed by atoms with Crippen molar-refractivity contribution in [3.63, 3.8) is 0 Å². The van der Waals surface area contributed by atoms with Gasteiger partial charge in [0.05, 0.1) is 18.6 Å². The standard InChI is InChI=1S/C10H16N4O3/c1-14(4-2-3-9(15)16)10(17)12-6-8-5-11-7-13-8/h5,7H,2-4,6H2,1H3,(H,11,13)(H,12,17)(H,15,16). The van der Waals surface area contributed by atoms with Gasteiger partial charge in [0.25, 0.3) is 0 Å². The van der Waals surface area contributed by atoms with E-state index in [2.05, 4.69) is 15.3 Å². The molecule has 0 unspecified atom stereocenters. The number of hydrogen-bond acceptors (Lipinski definition) is 3. The van der Waals surface area contributed by atoms with Crippen molar-refractivity contribution in [2.75, 3.05) is 13.6 Å². The smallest absolute Gasteiger partial charge is 0.317 e. The summed E-state index contributed by atoms with van der Waals surface area (Å²) >= 11 is 0. The monoisotopic (exact) mass is 240 g/mol. The molecule has 0 saturated carbocycles. The molecule has 2 amide bonds. The highest BCUT2D eigenvalue weighted by Crippen LogP contribution is 1.95. The predicted molar refractivity (Wildman–Crippen MR) is 60.3 cm³/mol. The number of amides is 2. The molecule has 94 valence electrons. The summed E-state index contributed by atoms with van der Waals surface area (Å²) < 4.78 is 0. The number of aromatic nitrogens is 2. The van der Waals surface area contributed by atoms with E-state index in [1.807, 2.05) is 0 Å². The highest BCUT2D eigenvalue weighted by molar-refractivity contribution is 5.73. The maximum atomic E-state index is 11.5. The van der Waals surface area contributed by atoms with Crippen LogP contribution in [0.25, 0.3) is 0 Å². The Morgan fingerprint density at radius 3 is 2.94 bits per heavy atom. The Hall–Kier alpha value is -2.05. The van der Waals surface area contributed by atoms with Crippen LogP contribution < -0.4 is 5.32 Å². The van der Waals surface area contributed by atoms with Crippen LogP contribution in [0.4, 0.5) is 4.79 Å². The lowest BCUT2D eigenvalue weighted by Crippen LogP contribution is -2.37. The quantitative estimate of drug-likeness (QED) is 0.671. The van der Waals surface area contributed by atoms with Crippen molar-refractivity contribution < 1.29 is 14.7 Å². The van der Waals surface area contributed by atoms with Crippen LogP contribution in [-0.4, -0.2) is 45.6 Å². The highest BCUT2D eigenvalue weighted by atomic mass is 16.4. The van der Waals surface area contributed by atoms with Crippen molar-refractivity contribution in [3.8, 4) is 0 Å². The van der Waals surface area contributed by atoms with Gasteiger partial charge in [0.15, 0.2) is 0 Å². The molecule has 7 heteroatoms. The fraction of sp³-hybridized carbons (Fsp3) is 0.500. The predicted octanol–water partition coefficient (Wildman–Crippen LogP) is 0.416. The number of aliphatic carboxylic acids is 1. The third-order valence-corrected chi connectivity index (χ3v) is 2.22. The second-order valence-electron chi connectivity index (χ2n) is 3.65. The molecule has 3 N–H and O–H groups in total. The van der Waals surface area contributed by atoms with Gasteiger partial charge in [-0.2, -0.15) is 0 Å². The van der Waals surface area contributed by atoms with Crippen molar-refractivity contribution in [1.29, 1.82) is 0 Å². The minimum absolute atomic E-state index is 0.0676. The highest BCUT2D eigenvalue weighted by Gasteiger charge is 2.08. The number of urea groups is 1. The first-order valence-corrected chi connectivity index (χ1v) is 5.27.